The minimum absolute atomic E-state index is 0.495. The molecule has 94 valence electrons. The Kier molecular flexibility index (Phi) is 4.26. The number of ether oxygens (including phenoxy) is 1. The molecule has 2 heteroatoms. The maximum atomic E-state index is 5.46. The van der Waals surface area contributed by atoms with Crippen molar-refractivity contribution in [3.63, 3.8) is 0 Å². The van der Waals surface area contributed by atoms with Crippen molar-refractivity contribution in [1.82, 2.24) is 5.32 Å². The van der Waals surface area contributed by atoms with E-state index in [4.69, 9.17) is 4.74 Å². The van der Waals surface area contributed by atoms with Crippen molar-refractivity contribution in [2.24, 2.45) is 17.8 Å². The Morgan fingerprint density at radius 1 is 1.25 bits per heavy atom. The van der Waals surface area contributed by atoms with Crippen molar-refractivity contribution in [3.05, 3.63) is 0 Å². The van der Waals surface area contributed by atoms with Gasteiger partial charge in [-0.3, -0.25) is 0 Å². The van der Waals surface area contributed by atoms with E-state index in [0.29, 0.717) is 12.1 Å². The average Bonchev–Trinajstić information content (AvgIpc) is 2.87. The molecule has 16 heavy (non-hydrogen) atoms. The van der Waals surface area contributed by atoms with Crippen molar-refractivity contribution in [2.45, 2.75) is 58.5 Å². The van der Waals surface area contributed by atoms with Crippen LogP contribution < -0.4 is 5.32 Å². The molecule has 0 aromatic rings. The highest BCUT2D eigenvalue weighted by atomic mass is 16.5. The monoisotopic (exact) mass is 225 g/mol. The van der Waals surface area contributed by atoms with Crippen LogP contribution in [0.3, 0.4) is 0 Å². The largest absolute Gasteiger partial charge is 0.380 e. The lowest BCUT2D eigenvalue weighted by molar-refractivity contribution is 0.117. The van der Waals surface area contributed by atoms with Gasteiger partial charge >= 0.3 is 0 Å². The van der Waals surface area contributed by atoms with E-state index in [1.165, 1.54) is 25.7 Å². The van der Waals surface area contributed by atoms with Gasteiger partial charge in [-0.05, 0) is 57.8 Å². The summed E-state index contributed by atoms with van der Waals surface area (Å²) >= 11 is 0. The number of rotatable bonds is 6. The summed E-state index contributed by atoms with van der Waals surface area (Å²) in [6.07, 6.45) is 5.97. The van der Waals surface area contributed by atoms with Gasteiger partial charge in [0.2, 0.25) is 0 Å². The smallest absolute Gasteiger partial charge is 0.0616 e. The van der Waals surface area contributed by atoms with E-state index in [1.807, 2.05) is 0 Å². The van der Waals surface area contributed by atoms with Crippen LogP contribution in [0.2, 0.25) is 0 Å². The molecule has 2 nitrogen and oxygen atoms in total. The Hall–Kier alpha value is -0.0800. The molecule has 0 radical (unpaired) electrons. The van der Waals surface area contributed by atoms with Crippen molar-refractivity contribution >= 4 is 0 Å². The summed E-state index contributed by atoms with van der Waals surface area (Å²) in [5.41, 5.74) is 0. The summed E-state index contributed by atoms with van der Waals surface area (Å²) in [6.45, 7) is 8.34. The predicted octanol–water partition coefficient (Wildman–Crippen LogP) is 2.83. The molecule has 2 aliphatic carbocycles. The summed E-state index contributed by atoms with van der Waals surface area (Å²) in [6, 6.07) is 1.17. The third-order valence-electron chi connectivity index (χ3n) is 4.55. The second kappa shape index (κ2) is 5.50. The first-order valence-electron chi connectivity index (χ1n) is 7.04. The van der Waals surface area contributed by atoms with E-state index in [-0.39, 0.29) is 0 Å². The first-order valence-corrected chi connectivity index (χ1v) is 7.04. The molecule has 5 unspecified atom stereocenters. The molecule has 5 atom stereocenters. The Balaban J connectivity index is 1.73. The zero-order chi connectivity index (χ0) is 11.5. The van der Waals surface area contributed by atoms with Crippen LogP contribution in [0.1, 0.15) is 46.5 Å². The second-order valence-electron chi connectivity index (χ2n) is 5.85. The van der Waals surface area contributed by atoms with Gasteiger partial charge < -0.3 is 10.1 Å². The molecule has 2 aliphatic rings. The molecule has 0 spiro atoms. The lowest BCUT2D eigenvalue weighted by Crippen LogP contribution is -2.43. The third kappa shape index (κ3) is 2.78. The zero-order valence-electron chi connectivity index (χ0n) is 11.0. The fourth-order valence-corrected chi connectivity index (χ4v) is 3.82. The zero-order valence-corrected chi connectivity index (χ0v) is 11.0. The summed E-state index contributed by atoms with van der Waals surface area (Å²) in [7, 11) is 0. The van der Waals surface area contributed by atoms with Gasteiger partial charge in [0.25, 0.3) is 0 Å². The van der Waals surface area contributed by atoms with Crippen LogP contribution in [0, 0.1) is 17.8 Å². The molecule has 0 aromatic heterocycles. The SMILES string of the molecule is CCOCC(C)NC(C)C1CC2CCC1C2. The highest BCUT2D eigenvalue weighted by Crippen LogP contribution is 2.49. The van der Waals surface area contributed by atoms with Gasteiger partial charge in [0.15, 0.2) is 0 Å². The number of hydrogen-bond acceptors (Lipinski definition) is 2. The molecule has 0 aromatic carbocycles. The van der Waals surface area contributed by atoms with E-state index < -0.39 is 0 Å². The summed E-state index contributed by atoms with van der Waals surface area (Å²) in [5.74, 6) is 3.01. The molecule has 2 saturated carbocycles. The van der Waals surface area contributed by atoms with Crippen LogP contribution in [0.25, 0.3) is 0 Å². The minimum atomic E-state index is 0.495. The maximum absolute atomic E-state index is 5.46. The van der Waals surface area contributed by atoms with Gasteiger partial charge in [0.05, 0.1) is 6.61 Å². The topological polar surface area (TPSA) is 21.3 Å². The van der Waals surface area contributed by atoms with Crippen molar-refractivity contribution in [2.75, 3.05) is 13.2 Å². The summed E-state index contributed by atoms with van der Waals surface area (Å²) in [4.78, 5) is 0. The minimum Gasteiger partial charge on any atom is -0.380 e. The number of hydrogen-bond donors (Lipinski definition) is 1. The molecule has 0 aliphatic heterocycles. The van der Waals surface area contributed by atoms with E-state index >= 15 is 0 Å². The van der Waals surface area contributed by atoms with E-state index in [0.717, 1.165) is 31.0 Å². The molecule has 2 rings (SSSR count). The van der Waals surface area contributed by atoms with Crippen molar-refractivity contribution in [1.29, 1.82) is 0 Å². The Morgan fingerprint density at radius 3 is 2.62 bits per heavy atom. The predicted molar refractivity (Wildman–Crippen MR) is 67.5 cm³/mol. The number of nitrogens with one attached hydrogen (secondary N) is 1. The maximum Gasteiger partial charge on any atom is 0.0616 e. The quantitative estimate of drug-likeness (QED) is 0.750. The molecule has 0 amide bonds. The van der Waals surface area contributed by atoms with E-state index in [9.17, 15) is 0 Å². The third-order valence-corrected chi connectivity index (χ3v) is 4.55. The van der Waals surface area contributed by atoms with Crippen molar-refractivity contribution in [3.8, 4) is 0 Å². The van der Waals surface area contributed by atoms with Crippen LogP contribution in [0.4, 0.5) is 0 Å². The standard InChI is InChI=1S/C14H27NO/c1-4-16-9-10(2)15-11(3)14-8-12-5-6-13(14)7-12/h10-15H,4-9H2,1-3H3. The highest BCUT2D eigenvalue weighted by Gasteiger charge is 2.41. The summed E-state index contributed by atoms with van der Waals surface area (Å²) < 4.78 is 5.46. The molecule has 0 heterocycles. The van der Waals surface area contributed by atoms with Crippen LogP contribution in [-0.4, -0.2) is 25.3 Å². The second-order valence-corrected chi connectivity index (χ2v) is 5.85. The average molecular weight is 225 g/mol. The molecule has 2 fully saturated rings. The van der Waals surface area contributed by atoms with Crippen LogP contribution in [0.5, 0.6) is 0 Å². The Morgan fingerprint density at radius 2 is 2.06 bits per heavy atom. The fourth-order valence-electron chi connectivity index (χ4n) is 3.82. The lowest BCUT2D eigenvalue weighted by atomic mass is 9.84. The molecule has 0 saturated heterocycles. The van der Waals surface area contributed by atoms with Crippen LogP contribution in [0.15, 0.2) is 0 Å². The summed E-state index contributed by atoms with van der Waals surface area (Å²) in [5, 5.41) is 3.72. The molecular formula is C14H27NO. The Bertz CT molecular complexity index is 219. The van der Waals surface area contributed by atoms with E-state index in [1.54, 1.807) is 0 Å². The molecule has 1 N–H and O–H groups in total. The van der Waals surface area contributed by atoms with Gasteiger partial charge in [0.1, 0.15) is 0 Å². The van der Waals surface area contributed by atoms with Gasteiger partial charge in [-0.25, -0.2) is 0 Å². The normalized spacial score (nSPS) is 36.6. The van der Waals surface area contributed by atoms with Gasteiger partial charge in [-0.15, -0.1) is 0 Å². The van der Waals surface area contributed by atoms with Crippen molar-refractivity contribution < 1.29 is 4.74 Å². The fraction of sp³-hybridized carbons (Fsp3) is 1.00. The molecular weight excluding hydrogens is 198 g/mol. The lowest BCUT2D eigenvalue weighted by Gasteiger charge is -2.30. The number of fused-ring (bicyclic) bond motifs is 2. The van der Waals surface area contributed by atoms with Gasteiger partial charge in [-0.2, -0.15) is 0 Å². The highest BCUT2D eigenvalue weighted by molar-refractivity contribution is 4.94. The van der Waals surface area contributed by atoms with Gasteiger partial charge in [0, 0.05) is 18.7 Å². The van der Waals surface area contributed by atoms with Crippen LogP contribution >= 0.6 is 0 Å². The first kappa shape index (κ1) is 12.4. The molecule has 2 bridgehead atoms. The van der Waals surface area contributed by atoms with Gasteiger partial charge in [-0.1, -0.05) is 6.42 Å². The van der Waals surface area contributed by atoms with E-state index in [2.05, 4.69) is 26.1 Å². The first-order chi connectivity index (χ1) is 7.70. The Labute approximate surface area is 100 Å². The van der Waals surface area contributed by atoms with Crippen LogP contribution in [-0.2, 0) is 4.74 Å².